The summed E-state index contributed by atoms with van der Waals surface area (Å²) in [6.07, 6.45) is 0.742. The Kier molecular flexibility index (Phi) is 3.46. The molecule has 3 rings (SSSR count). The van der Waals surface area contributed by atoms with Gasteiger partial charge in [0.1, 0.15) is 0 Å². The van der Waals surface area contributed by atoms with E-state index >= 15 is 0 Å². The number of benzene rings is 2. The van der Waals surface area contributed by atoms with E-state index in [1.165, 1.54) is 24.3 Å². The number of fused-ring (bicyclic) bond motifs is 1. The first kappa shape index (κ1) is 10.7. The second-order valence-corrected chi connectivity index (χ2v) is 5.73. The van der Waals surface area contributed by atoms with Crippen LogP contribution >= 0.6 is 12.4 Å². The quantitative estimate of drug-likeness (QED) is 0.681. The van der Waals surface area contributed by atoms with Gasteiger partial charge < -0.3 is 29.7 Å². The van der Waals surface area contributed by atoms with Crippen molar-refractivity contribution in [1.82, 2.24) is 5.32 Å². The first-order valence-corrected chi connectivity index (χ1v) is 7.53. The molecule has 1 aliphatic heterocycles. The predicted octanol–water partition coefficient (Wildman–Crippen LogP) is 2.97. The maximum absolute atomic E-state index is 9.93. The normalized spacial score (nSPS) is 22.2. The highest BCUT2D eigenvalue weighted by Crippen LogP contribution is 2.40. The van der Waals surface area contributed by atoms with Gasteiger partial charge in [-0.05, 0) is 60.3 Å². The van der Waals surface area contributed by atoms with Crippen molar-refractivity contribution in [2.75, 3.05) is 27.7 Å². The Labute approximate surface area is 171 Å². The zero-order valence-corrected chi connectivity index (χ0v) is 14.4. The van der Waals surface area contributed by atoms with Crippen molar-refractivity contribution < 1.29 is 36.8 Å². The molecule has 7 heteroatoms. The van der Waals surface area contributed by atoms with Crippen LogP contribution in [0.4, 0.5) is 0 Å². The van der Waals surface area contributed by atoms with E-state index in [0.29, 0.717) is 24.1 Å². The lowest BCUT2D eigenvalue weighted by Gasteiger charge is -2.28. The topological polar surface area (TPSA) is 80.2 Å². The van der Waals surface area contributed by atoms with Gasteiger partial charge in [0.05, 0.1) is 33.5 Å². The van der Waals surface area contributed by atoms with Crippen LogP contribution in [0.1, 0.15) is 35.1 Å². The molecule has 142 valence electrons. The maximum Gasteiger partial charge on any atom is 0.203 e. The van der Waals surface area contributed by atoms with Crippen molar-refractivity contribution in [2.45, 2.75) is 18.9 Å². The highest BCUT2D eigenvalue weighted by molar-refractivity contribution is 5.85. The van der Waals surface area contributed by atoms with E-state index in [4.69, 9.17) is 26.5 Å². The number of hydrogen-bond acceptors (Lipinski definition) is 6. The Morgan fingerprint density at radius 2 is 1.69 bits per heavy atom. The smallest absolute Gasteiger partial charge is 0.203 e. The number of halogens is 1. The average Bonchev–Trinajstić information content (AvgIpc) is 2.63. The Balaban J connectivity index is 0.00000432. The number of nitrogens with one attached hydrogen (secondary N) is 1. The molecule has 0 radical (unpaired) electrons. The number of phenols is 2. The first-order chi connectivity index (χ1) is 15.5. The minimum Gasteiger partial charge on any atom is -0.504 e. The molecule has 0 aliphatic carbocycles. The molecular weight excluding hydrogens is 358 g/mol. The SMILES string of the molecule is Cl.[2H]C([2H])([2H])Oc1cc(C[C@H]2NCCc3cc(O)c(O)cc32)cc(OC([2H])([2H])[2H])c1OC([2H])([2H])[2H]. The summed E-state index contributed by atoms with van der Waals surface area (Å²) >= 11 is 0. The van der Waals surface area contributed by atoms with Gasteiger partial charge in [0.25, 0.3) is 0 Å². The van der Waals surface area contributed by atoms with Crippen LogP contribution < -0.4 is 19.5 Å². The second kappa shape index (κ2) is 8.38. The van der Waals surface area contributed by atoms with Crippen molar-refractivity contribution in [3.63, 3.8) is 0 Å². The van der Waals surface area contributed by atoms with E-state index in [-0.39, 0.29) is 30.3 Å². The highest BCUT2D eigenvalue weighted by Gasteiger charge is 2.23. The predicted molar refractivity (Wildman–Crippen MR) is 101 cm³/mol. The molecule has 1 aliphatic rings. The second-order valence-electron chi connectivity index (χ2n) is 5.73. The first-order valence-electron chi connectivity index (χ1n) is 12.0. The van der Waals surface area contributed by atoms with E-state index in [9.17, 15) is 10.2 Å². The molecule has 0 spiro atoms. The summed E-state index contributed by atoms with van der Waals surface area (Å²) in [6, 6.07) is 4.92. The van der Waals surface area contributed by atoms with Crippen LogP contribution in [0.3, 0.4) is 0 Å². The van der Waals surface area contributed by atoms with Gasteiger partial charge in [-0.1, -0.05) is 0 Å². The molecule has 1 atom stereocenters. The van der Waals surface area contributed by atoms with E-state index in [1.54, 1.807) is 0 Å². The number of aromatic hydroxyl groups is 2. The summed E-state index contributed by atoms with van der Waals surface area (Å²) in [4.78, 5) is 0. The maximum atomic E-state index is 9.93. The van der Waals surface area contributed by atoms with Crippen LogP contribution in [0.25, 0.3) is 0 Å². The van der Waals surface area contributed by atoms with Crippen LogP contribution in [0, 0.1) is 0 Å². The summed E-state index contributed by atoms with van der Waals surface area (Å²) in [5.41, 5.74) is 1.81. The molecule has 1 heterocycles. The highest BCUT2D eigenvalue weighted by atomic mass is 35.5. The molecule has 26 heavy (non-hydrogen) atoms. The van der Waals surface area contributed by atoms with Gasteiger partial charge in [-0.2, -0.15) is 0 Å². The monoisotopic (exact) mass is 390 g/mol. The molecule has 3 N–H and O–H groups in total. The van der Waals surface area contributed by atoms with Gasteiger partial charge in [-0.15, -0.1) is 12.4 Å². The Morgan fingerprint density at radius 3 is 2.35 bits per heavy atom. The third kappa shape index (κ3) is 3.76. The van der Waals surface area contributed by atoms with Crippen LogP contribution in [0.2, 0.25) is 0 Å². The summed E-state index contributed by atoms with van der Waals surface area (Å²) < 4.78 is 81.3. The molecule has 0 saturated carbocycles. The van der Waals surface area contributed by atoms with Crippen molar-refractivity contribution in [1.29, 1.82) is 0 Å². The lowest BCUT2D eigenvalue weighted by molar-refractivity contribution is 0.323. The zero-order chi connectivity index (χ0) is 25.5. The van der Waals surface area contributed by atoms with Crippen LogP contribution in [0.5, 0.6) is 28.7 Å². The van der Waals surface area contributed by atoms with Gasteiger partial charge >= 0.3 is 0 Å². The summed E-state index contributed by atoms with van der Waals surface area (Å²) in [7, 11) is -9.05. The Morgan fingerprint density at radius 1 is 1.04 bits per heavy atom. The van der Waals surface area contributed by atoms with Gasteiger partial charge in [-0.25, -0.2) is 0 Å². The van der Waals surface area contributed by atoms with E-state index in [2.05, 4.69) is 5.32 Å². The number of hydrogen-bond donors (Lipinski definition) is 3. The fraction of sp³-hybridized carbons (Fsp3) is 0.368. The minimum absolute atomic E-state index is 0. The van der Waals surface area contributed by atoms with Crippen LogP contribution in [0.15, 0.2) is 24.3 Å². The van der Waals surface area contributed by atoms with Crippen molar-refractivity contribution in [3.8, 4) is 28.7 Å². The molecule has 0 aromatic heterocycles. The number of phenolic OH excluding ortho intramolecular Hbond substituents is 2. The fourth-order valence-corrected chi connectivity index (χ4v) is 3.09. The van der Waals surface area contributed by atoms with E-state index in [1.807, 2.05) is 0 Å². The average molecular weight is 391 g/mol. The molecule has 0 bridgehead atoms. The largest absolute Gasteiger partial charge is 0.504 e. The third-order valence-electron chi connectivity index (χ3n) is 4.24. The summed E-state index contributed by atoms with van der Waals surface area (Å²) in [5.74, 6) is -2.32. The molecule has 2 aromatic rings. The van der Waals surface area contributed by atoms with Gasteiger partial charge in [0.15, 0.2) is 23.0 Å². The van der Waals surface area contributed by atoms with E-state index in [0.717, 1.165) is 5.56 Å². The molecule has 2 aromatic carbocycles. The molecule has 6 nitrogen and oxygen atoms in total. The number of rotatable bonds is 5. The van der Waals surface area contributed by atoms with Gasteiger partial charge in [0.2, 0.25) is 5.75 Å². The fourth-order valence-electron chi connectivity index (χ4n) is 3.09. The van der Waals surface area contributed by atoms with Crippen molar-refractivity contribution in [3.05, 3.63) is 41.0 Å². The van der Waals surface area contributed by atoms with Crippen LogP contribution in [-0.4, -0.2) is 37.9 Å². The molecule has 0 amide bonds. The summed E-state index contributed by atoms with van der Waals surface area (Å²) in [5, 5.41) is 23.0. The van der Waals surface area contributed by atoms with E-state index < -0.39 is 44.4 Å². The van der Waals surface area contributed by atoms with Crippen LogP contribution in [-0.2, 0) is 12.8 Å². The van der Waals surface area contributed by atoms with Crippen molar-refractivity contribution >= 4 is 12.4 Å². The molecule has 0 saturated heterocycles. The zero-order valence-electron chi connectivity index (χ0n) is 22.5. The van der Waals surface area contributed by atoms with Gasteiger partial charge in [0, 0.05) is 6.04 Å². The minimum atomic E-state index is -3.05. The molecule has 0 unspecified atom stereocenters. The van der Waals surface area contributed by atoms with Gasteiger partial charge in [-0.3, -0.25) is 0 Å². The summed E-state index contributed by atoms with van der Waals surface area (Å²) in [6.45, 7) is 0.541. The standard InChI is InChI=1S/C19H23NO5.ClH/c1-23-17-7-11(8-18(24-2)19(17)25-3)6-14-13-10-16(22)15(21)9-12(13)4-5-20-14;/h7-10,14,20-22H,4-6H2,1-3H3;1H/t14-;/m1./s1/i1D3,2D3,3D3;. The third-order valence-corrected chi connectivity index (χ3v) is 4.24. The Bertz CT molecular complexity index is 1020. The number of ether oxygens (including phenoxy) is 3. The lowest BCUT2D eigenvalue weighted by atomic mass is 9.89. The number of methoxy groups -OCH3 is 3. The molecular formula is C19H24ClNO5. The Hall–Kier alpha value is -2.31. The molecule has 0 fully saturated rings. The lowest BCUT2D eigenvalue weighted by Crippen LogP contribution is -2.31. The van der Waals surface area contributed by atoms with Crippen molar-refractivity contribution in [2.24, 2.45) is 0 Å².